The molecule has 3 heterocycles. The minimum Gasteiger partial charge on any atom is -0.368 e. The number of carbonyl (C=O) groups excluding carboxylic acids is 1. The molecule has 1 aliphatic heterocycles. The Morgan fingerprint density at radius 1 is 1.55 bits per heavy atom. The van der Waals surface area contributed by atoms with Crippen molar-refractivity contribution in [2.24, 2.45) is 5.92 Å². The van der Waals surface area contributed by atoms with Crippen molar-refractivity contribution in [2.45, 2.75) is 37.8 Å². The van der Waals surface area contributed by atoms with Gasteiger partial charge in [0.25, 0.3) is 0 Å². The van der Waals surface area contributed by atoms with Gasteiger partial charge in [-0.1, -0.05) is 0 Å². The predicted octanol–water partition coefficient (Wildman–Crippen LogP) is 1.92. The van der Waals surface area contributed by atoms with E-state index in [1.54, 1.807) is 11.3 Å². The highest BCUT2D eigenvalue weighted by Gasteiger charge is 2.46. The van der Waals surface area contributed by atoms with E-state index >= 15 is 0 Å². The van der Waals surface area contributed by atoms with Gasteiger partial charge in [-0.3, -0.25) is 9.89 Å². The summed E-state index contributed by atoms with van der Waals surface area (Å²) in [5.74, 6) is 1.32. The summed E-state index contributed by atoms with van der Waals surface area (Å²) < 4.78 is 5.68. The maximum atomic E-state index is 12.5. The van der Waals surface area contributed by atoms with Crippen LogP contribution in [0.4, 0.5) is 0 Å². The average Bonchev–Trinajstić information content (AvgIpc) is 2.92. The summed E-state index contributed by atoms with van der Waals surface area (Å²) in [6.07, 6.45) is 3.01. The molecule has 116 valence electrons. The smallest absolute Gasteiger partial charge is 0.224 e. The molecule has 4 atom stereocenters. The SMILES string of the molecule is Cc1ccsc1C1CC1C(=O)N[C@@H]1CCO[C@@H]1c1ncn[nH]1. The molecule has 2 aromatic rings. The molecule has 22 heavy (non-hydrogen) atoms. The van der Waals surface area contributed by atoms with E-state index in [9.17, 15) is 4.79 Å². The molecule has 1 saturated heterocycles. The van der Waals surface area contributed by atoms with Crippen LogP contribution in [0.1, 0.15) is 41.1 Å². The average molecular weight is 318 g/mol. The lowest BCUT2D eigenvalue weighted by atomic mass is 10.1. The molecule has 2 unspecified atom stereocenters. The number of aryl methyl sites for hydroxylation is 1. The van der Waals surface area contributed by atoms with E-state index in [1.807, 2.05) is 0 Å². The zero-order valence-electron chi connectivity index (χ0n) is 12.3. The van der Waals surface area contributed by atoms with Crippen LogP contribution in [0.15, 0.2) is 17.8 Å². The fourth-order valence-electron chi connectivity index (χ4n) is 3.19. The third kappa shape index (κ3) is 2.44. The summed E-state index contributed by atoms with van der Waals surface area (Å²) in [5, 5.41) is 11.9. The highest BCUT2D eigenvalue weighted by Crippen LogP contribution is 2.50. The third-order valence-corrected chi connectivity index (χ3v) is 5.64. The first-order valence-corrected chi connectivity index (χ1v) is 8.43. The highest BCUT2D eigenvalue weighted by molar-refractivity contribution is 7.10. The lowest BCUT2D eigenvalue weighted by Crippen LogP contribution is -2.38. The van der Waals surface area contributed by atoms with Gasteiger partial charge in [0.15, 0.2) is 5.82 Å². The van der Waals surface area contributed by atoms with Crippen LogP contribution in [0.5, 0.6) is 0 Å². The Labute approximate surface area is 132 Å². The van der Waals surface area contributed by atoms with E-state index in [4.69, 9.17) is 4.74 Å². The number of hydrogen-bond donors (Lipinski definition) is 2. The number of nitrogens with one attached hydrogen (secondary N) is 2. The molecule has 2 aliphatic rings. The van der Waals surface area contributed by atoms with E-state index in [2.05, 4.69) is 38.9 Å². The minimum atomic E-state index is -0.216. The van der Waals surface area contributed by atoms with E-state index < -0.39 is 0 Å². The topological polar surface area (TPSA) is 79.9 Å². The van der Waals surface area contributed by atoms with E-state index in [0.717, 1.165) is 12.8 Å². The van der Waals surface area contributed by atoms with Gasteiger partial charge >= 0.3 is 0 Å². The second-order valence-electron chi connectivity index (χ2n) is 5.98. The monoisotopic (exact) mass is 318 g/mol. The number of thiophene rings is 1. The van der Waals surface area contributed by atoms with Gasteiger partial charge in [-0.2, -0.15) is 5.10 Å². The van der Waals surface area contributed by atoms with Crippen LogP contribution in [-0.4, -0.2) is 33.7 Å². The summed E-state index contributed by atoms with van der Waals surface area (Å²) in [6, 6.07) is 2.10. The molecular formula is C15H18N4O2S. The molecule has 2 aromatic heterocycles. The van der Waals surface area contributed by atoms with Crippen LogP contribution in [0.3, 0.4) is 0 Å². The van der Waals surface area contributed by atoms with Crippen LogP contribution < -0.4 is 5.32 Å². The van der Waals surface area contributed by atoms with Crippen LogP contribution in [0, 0.1) is 12.8 Å². The molecule has 0 spiro atoms. The Kier molecular flexibility index (Phi) is 3.46. The van der Waals surface area contributed by atoms with Crippen molar-refractivity contribution in [1.82, 2.24) is 20.5 Å². The van der Waals surface area contributed by atoms with Gasteiger partial charge in [-0.25, -0.2) is 4.98 Å². The molecule has 0 radical (unpaired) electrons. The number of aromatic amines is 1. The first kappa shape index (κ1) is 13.9. The van der Waals surface area contributed by atoms with Crippen LogP contribution in [0.25, 0.3) is 0 Å². The first-order chi connectivity index (χ1) is 10.7. The zero-order chi connectivity index (χ0) is 15.1. The lowest BCUT2D eigenvalue weighted by molar-refractivity contribution is -0.123. The number of rotatable bonds is 4. The molecular weight excluding hydrogens is 300 g/mol. The Hall–Kier alpha value is -1.73. The summed E-state index contributed by atoms with van der Waals surface area (Å²) in [6.45, 7) is 2.75. The highest BCUT2D eigenvalue weighted by atomic mass is 32.1. The summed E-state index contributed by atoms with van der Waals surface area (Å²) >= 11 is 1.75. The lowest BCUT2D eigenvalue weighted by Gasteiger charge is -2.17. The van der Waals surface area contributed by atoms with Crippen LogP contribution >= 0.6 is 11.3 Å². The molecule has 0 bridgehead atoms. The molecule has 1 amide bonds. The summed E-state index contributed by atoms with van der Waals surface area (Å²) in [5.41, 5.74) is 1.30. The van der Waals surface area contributed by atoms with Gasteiger partial charge in [-0.05, 0) is 36.8 Å². The molecule has 2 fully saturated rings. The molecule has 7 heteroatoms. The predicted molar refractivity (Wildman–Crippen MR) is 81.5 cm³/mol. The normalized spacial score (nSPS) is 30.4. The molecule has 1 saturated carbocycles. The van der Waals surface area contributed by atoms with Crippen molar-refractivity contribution in [3.05, 3.63) is 34.0 Å². The second kappa shape index (κ2) is 5.48. The zero-order valence-corrected chi connectivity index (χ0v) is 13.1. The van der Waals surface area contributed by atoms with Crippen molar-refractivity contribution in [2.75, 3.05) is 6.61 Å². The van der Waals surface area contributed by atoms with Gasteiger partial charge < -0.3 is 10.1 Å². The van der Waals surface area contributed by atoms with Crippen LogP contribution in [0.2, 0.25) is 0 Å². The molecule has 4 rings (SSSR count). The molecule has 6 nitrogen and oxygen atoms in total. The van der Waals surface area contributed by atoms with Crippen LogP contribution in [-0.2, 0) is 9.53 Å². The summed E-state index contributed by atoms with van der Waals surface area (Å²) in [4.78, 5) is 18.0. The molecule has 2 N–H and O–H groups in total. The maximum absolute atomic E-state index is 12.5. The van der Waals surface area contributed by atoms with Crippen molar-refractivity contribution in [1.29, 1.82) is 0 Å². The van der Waals surface area contributed by atoms with Gasteiger partial charge in [0.05, 0.1) is 6.04 Å². The molecule has 1 aliphatic carbocycles. The van der Waals surface area contributed by atoms with E-state index in [1.165, 1.54) is 16.8 Å². The number of carbonyl (C=O) groups is 1. The van der Waals surface area contributed by atoms with Gasteiger partial charge in [0.1, 0.15) is 12.4 Å². The molecule has 0 aromatic carbocycles. The van der Waals surface area contributed by atoms with Crippen molar-refractivity contribution in [3.63, 3.8) is 0 Å². The second-order valence-corrected chi connectivity index (χ2v) is 6.93. The number of ether oxygens (including phenoxy) is 1. The van der Waals surface area contributed by atoms with Crippen molar-refractivity contribution < 1.29 is 9.53 Å². The first-order valence-electron chi connectivity index (χ1n) is 7.55. The number of hydrogen-bond acceptors (Lipinski definition) is 5. The Morgan fingerprint density at radius 2 is 2.45 bits per heavy atom. The number of H-pyrrole nitrogens is 1. The van der Waals surface area contributed by atoms with Crippen molar-refractivity contribution >= 4 is 17.2 Å². The quantitative estimate of drug-likeness (QED) is 0.902. The van der Waals surface area contributed by atoms with Gasteiger partial charge in [0, 0.05) is 23.3 Å². The standard InChI is InChI=1S/C15H18N4O2S/c1-8-3-5-22-13(8)9-6-10(9)15(20)18-11-2-4-21-12(11)14-16-7-17-19-14/h3,5,7,9-12H,2,4,6H2,1H3,(H,18,20)(H,16,17,19)/t9?,10?,11-,12+/m1/s1. The third-order valence-electron chi connectivity index (χ3n) is 4.49. The van der Waals surface area contributed by atoms with E-state index in [0.29, 0.717) is 18.3 Å². The summed E-state index contributed by atoms with van der Waals surface area (Å²) in [7, 11) is 0. The fourth-order valence-corrected chi connectivity index (χ4v) is 4.30. The fraction of sp³-hybridized carbons (Fsp3) is 0.533. The number of aromatic nitrogens is 3. The van der Waals surface area contributed by atoms with E-state index in [-0.39, 0.29) is 24.0 Å². The Bertz CT molecular complexity index is 669. The van der Waals surface area contributed by atoms with Crippen molar-refractivity contribution in [3.8, 4) is 0 Å². The van der Waals surface area contributed by atoms with Gasteiger partial charge in [0.2, 0.25) is 5.91 Å². The Morgan fingerprint density at radius 3 is 3.18 bits per heavy atom. The maximum Gasteiger partial charge on any atom is 0.224 e. The number of nitrogens with zero attached hydrogens (tertiary/aromatic N) is 2. The van der Waals surface area contributed by atoms with Gasteiger partial charge in [-0.15, -0.1) is 11.3 Å². The number of amides is 1. The largest absolute Gasteiger partial charge is 0.368 e. The minimum absolute atomic E-state index is 0.0221. The Balaban J connectivity index is 1.40.